The smallest absolute Gasteiger partial charge is 0.258 e. The highest BCUT2D eigenvalue weighted by Crippen LogP contribution is 2.18. The van der Waals surface area contributed by atoms with Gasteiger partial charge in [-0.3, -0.25) is 9.59 Å². The van der Waals surface area contributed by atoms with Crippen LogP contribution >= 0.6 is 0 Å². The average molecular weight is 448 g/mol. The number of carbonyl (C=O) groups excluding carboxylic acids is 2. The van der Waals surface area contributed by atoms with Gasteiger partial charge in [-0.15, -0.1) is 0 Å². The first-order chi connectivity index (χ1) is 16.1. The summed E-state index contributed by atoms with van der Waals surface area (Å²) in [6.07, 6.45) is 0. The fraction of sp³-hybridized carbons (Fsp3) is 0.231. The van der Waals surface area contributed by atoms with Crippen molar-refractivity contribution in [3.63, 3.8) is 0 Å². The molecule has 0 bridgehead atoms. The Morgan fingerprint density at radius 1 is 0.848 bits per heavy atom. The summed E-state index contributed by atoms with van der Waals surface area (Å²) in [5, 5.41) is 5.91. The number of nitrogens with one attached hydrogen (secondary N) is 2. The zero-order valence-corrected chi connectivity index (χ0v) is 18.9. The molecule has 0 atom stereocenters. The summed E-state index contributed by atoms with van der Waals surface area (Å²) in [7, 11) is 1.63. The molecule has 3 rings (SSSR count). The fourth-order valence-electron chi connectivity index (χ4n) is 3.20. The molecule has 0 aliphatic heterocycles. The van der Waals surface area contributed by atoms with Crippen LogP contribution in [0.3, 0.4) is 0 Å². The molecule has 7 nitrogen and oxygen atoms in total. The minimum absolute atomic E-state index is 0.0853. The molecule has 0 aromatic heterocycles. The molecule has 7 heteroatoms. The Morgan fingerprint density at radius 3 is 2.15 bits per heavy atom. The Morgan fingerprint density at radius 2 is 1.52 bits per heavy atom. The third kappa shape index (κ3) is 7.08. The maximum atomic E-state index is 12.9. The second-order valence-corrected chi connectivity index (χ2v) is 7.23. The number of benzene rings is 3. The summed E-state index contributed by atoms with van der Waals surface area (Å²) in [6, 6.07) is 23.8. The van der Waals surface area contributed by atoms with Crippen LogP contribution in [0.4, 0.5) is 17.1 Å². The van der Waals surface area contributed by atoms with Gasteiger partial charge in [0.05, 0.1) is 13.2 Å². The quantitative estimate of drug-likeness (QED) is 0.425. The van der Waals surface area contributed by atoms with Crippen LogP contribution in [0.1, 0.15) is 17.3 Å². The summed E-state index contributed by atoms with van der Waals surface area (Å²) in [4.78, 5) is 26.9. The number of nitrogens with zero attached hydrogens (tertiary/aromatic N) is 1. The van der Waals surface area contributed by atoms with Crippen LogP contribution in [0.5, 0.6) is 5.75 Å². The van der Waals surface area contributed by atoms with E-state index in [1.54, 1.807) is 36.3 Å². The number of hydrogen-bond donors (Lipinski definition) is 2. The second-order valence-electron chi connectivity index (χ2n) is 7.23. The van der Waals surface area contributed by atoms with Crippen molar-refractivity contribution in [2.45, 2.75) is 6.92 Å². The summed E-state index contributed by atoms with van der Waals surface area (Å²) in [5.41, 5.74) is 2.85. The predicted octanol–water partition coefficient (Wildman–Crippen LogP) is 4.43. The third-order valence-electron chi connectivity index (χ3n) is 4.91. The molecule has 0 radical (unpaired) electrons. The van der Waals surface area contributed by atoms with Crippen LogP contribution in [0.25, 0.3) is 0 Å². The predicted molar refractivity (Wildman–Crippen MR) is 131 cm³/mol. The van der Waals surface area contributed by atoms with Crippen molar-refractivity contribution >= 4 is 28.9 Å². The molecule has 0 spiro atoms. The lowest BCUT2D eigenvalue weighted by Crippen LogP contribution is -2.30. The topological polar surface area (TPSA) is 79.9 Å². The van der Waals surface area contributed by atoms with E-state index in [1.165, 1.54) is 0 Å². The lowest BCUT2D eigenvalue weighted by molar-refractivity contribution is -0.114. The van der Waals surface area contributed by atoms with E-state index in [-0.39, 0.29) is 18.4 Å². The van der Waals surface area contributed by atoms with Crippen molar-refractivity contribution in [2.75, 3.05) is 48.9 Å². The van der Waals surface area contributed by atoms with E-state index in [0.29, 0.717) is 31.0 Å². The first kappa shape index (κ1) is 23.8. The van der Waals surface area contributed by atoms with Gasteiger partial charge in [0.25, 0.3) is 5.91 Å². The normalized spacial score (nSPS) is 10.4. The number of hydrogen-bond acceptors (Lipinski definition) is 5. The van der Waals surface area contributed by atoms with Gasteiger partial charge in [-0.25, -0.2) is 0 Å². The number of ether oxygens (including phenoxy) is 2. The molecule has 0 heterocycles. The molecule has 3 aromatic rings. The summed E-state index contributed by atoms with van der Waals surface area (Å²) in [5.74, 6) is 0.470. The number of para-hydroxylation sites is 1. The van der Waals surface area contributed by atoms with E-state index in [4.69, 9.17) is 9.47 Å². The van der Waals surface area contributed by atoms with Crippen LogP contribution in [0.2, 0.25) is 0 Å². The third-order valence-corrected chi connectivity index (χ3v) is 4.91. The maximum absolute atomic E-state index is 12.9. The van der Waals surface area contributed by atoms with Gasteiger partial charge in [-0.1, -0.05) is 18.2 Å². The molecule has 0 saturated heterocycles. The largest absolute Gasteiger partial charge is 0.491 e. The van der Waals surface area contributed by atoms with Gasteiger partial charge >= 0.3 is 0 Å². The van der Waals surface area contributed by atoms with E-state index in [1.807, 2.05) is 61.5 Å². The molecule has 0 aliphatic rings. The Hall–Kier alpha value is -3.84. The number of carbonyl (C=O) groups is 2. The van der Waals surface area contributed by atoms with E-state index >= 15 is 0 Å². The van der Waals surface area contributed by atoms with Crippen molar-refractivity contribution in [1.29, 1.82) is 0 Å². The molecule has 2 N–H and O–H groups in total. The van der Waals surface area contributed by atoms with Gasteiger partial charge in [-0.05, 0) is 67.6 Å². The lowest BCUT2D eigenvalue weighted by Gasteiger charge is -2.21. The van der Waals surface area contributed by atoms with E-state index in [9.17, 15) is 9.59 Å². The number of rotatable bonds is 11. The molecule has 0 aliphatic carbocycles. The Bertz CT molecular complexity index is 1020. The second kappa shape index (κ2) is 12.3. The van der Waals surface area contributed by atoms with Crippen molar-refractivity contribution in [3.05, 3.63) is 84.4 Å². The van der Waals surface area contributed by atoms with Crippen molar-refractivity contribution < 1.29 is 19.1 Å². The number of amides is 2. The van der Waals surface area contributed by atoms with E-state index in [2.05, 4.69) is 10.6 Å². The summed E-state index contributed by atoms with van der Waals surface area (Å²) in [6.45, 7) is 3.63. The van der Waals surface area contributed by atoms with Gasteiger partial charge in [0.1, 0.15) is 12.4 Å². The van der Waals surface area contributed by atoms with Crippen molar-refractivity contribution in [3.8, 4) is 5.75 Å². The molecule has 172 valence electrons. The zero-order valence-electron chi connectivity index (χ0n) is 18.9. The van der Waals surface area contributed by atoms with Gasteiger partial charge in [0.15, 0.2) is 0 Å². The molecule has 33 heavy (non-hydrogen) atoms. The molecule has 0 unspecified atom stereocenters. The molecule has 3 aromatic carbocycles. The summed E-state index contributed by atoms with van der Waals surface area (Å²) >= 11 is 0. The Balaban J connectivity index is 1.50. The minimum Gasteiger partial charge on any atom is -0.491 e. The Labute approximate surface area is 194 Å². The molecular formula is C26H29N3O4. The van der Waals surface area contributed by atoms with Crippen LogP contribution in [-0.2, 0) is 9.53 Å². The molecular weight excluding hydrogens is 418 g/mol. The molecule has 2 amide bonds. The lowest BCUT2D eigenvalue weighted by atomic mass is 10.1. The maximum Gasteiger partial charge on any atom is 0.258 e. The van der Waals surface area contributed by atoms with Gasteiger partial charge in [0, 0.05) is 36.3 Å². The highest BCUT2D eigenvalue weighted by atomic mass is 16.5. The zero-order chi connectivity index (χ0) is 23.5. The van der Waals surface area contributed by atoms with Crippen molar-refractivity contribution in [2.24, 2.45) is 0 Å². The average Bonchev–Trinajstić information content (AvgIpc) is 2.85. The van der Waals surface area contributed by atoms with E-state index in [0.717, 1.165) is 17.1 Å². The van der Waals surface area contributed by atoms with Gasteiger partial charge in [0.2, 0.25) is 5.91 Å². The standard InChI is InChI=1S/C26H29N3O4/c1-3-29(23-7-5-4-6-8-23)26(31)20-9-11-22(12-10-20)28-25(30)19-27-21-13-15-24(16-14-21)33-18-17-32-2/h4-16,27H,3,17-19H2,1-2H3,(H,28,30). The molecule has 0 fully saturated rings. The molecule has 0 saturated carbocycles. The van der Waals surface area contributed by atoms with Gasteiger partial charge in [-0.2, -0.15) is 0 Å². The van der Waals surface area contributed by atoms with Crippen molar-refractivity contribution in [1.82, 2.24) is 0 Å². The fourth-order valence-corrected chi connectivity index (χ4v) is 3.20. The number of anilines is 3. The minimum atomic E-state index is -0.186. The highest BCUT2D eigenvalue weighted by Gasteiger charge is 2.15. The summed E-state index contributed by atoms with van der Waals surface area (Å²) < 4.78 is 10.5. The van der Waals surface area contributed by atoms with E-state index < -0.39 is 0 Å². The van der Waals surface area contributed by atoms with Gasteiger partial charge < -0.3 is 25.0 Å². The van der Waals surface area contributed by atoms with Crippen LogP contribution in [0.15, 0.2) is 78.9 Å². The van der Waals surface area contributed by atoms with Crippen LogP contribution in [0, 0.1) is 0 Å². The van der Waals surface area contributed by atoms with Crippen LogP contribution in [-0.4, -0.2) is 45.2 Å². The highest BCUT2D eigenvalue weighted by molar-refractivity contribution is 6.06. The Kier molecular flexibility index (Phi) is 8.85. The first-order valence-corrected chi connectivity index (χ1v) is 10.8. The number of methoxy groups -OCH3 is 1. The van der Waals surface area contributed by atoms with Crippen LogP contribution < -0.4 is 20.3 Å². The SMILES string of the molecule is CCN(C(=O)c1ccc(NC(=O)CNc2ccc(OCCOC)cc2)cc1)c1ccccc1. The first-order valence-electron chi connectivity index (χ1n) is 10.8. The monoisotopic (exact) mass is 447 g/mol.